The molecule has 3 rings (SSSR count). The minimum Gasteiger partial charge on any atom is -0.490 e. The SMILES string of the molecule is CCNC(=NCC(C)CN1CCN(C)CC1)NC(C)c1ccc(OCC2CC2)c(F)c1. The molecule has 2 aliphatic rings. The lowest BCUT2D eigenvalue weighted by Crippen LogP contribution is -2.46. The van der Waals surface area contributed by atoms with Crippen LogP contribution in [0.15, 0.2) is 23.2 Å². The molecule has 2 unspecified atom stereocenters. The molecule has 1 aliphatic heterocycles. The summed E-state index contributed by atoms with van der Waals surface area (Å²) >= 11 is 0. The van der Waals surface area contributed by atoms with Gasteiger partial charge in [0, 0.05) is 45.8 Å². The summed E-state index contributed by atoms with van der Waals surface area (Å²) in [7, 11) is 2.18. The van der Waals surface area contributed by atoms with Crippen molar-refractivity contribution in [3.8, 4) is 5.75 Å². The minimum absolute atomic E-state index is 0.0577. The van der Waals surface area contributed by atoms with E-state index in [0.29, 0.717) is 24.2 Å². The molecule has 6 nitrogen and oxygen atoms in total. The van der Waals surface area contributed by atoms with E-state index < -0.39 is 0 Å². The minimum atomic E-state index is -0.297. The molecule has 2 atom stereocenters. The highest BCUT2D eigenvalue weighted by Crippen LogP contribution is 2.30. The van der Waals surface area contributed by atoms with E-state index in [1.54, 1.807) is 12.1 Å². The molecule has 0 spiro atoms. The van der Waals surface area contributed by atoms with Crippen LogP contribution < -0.4 is 15.4 Å². The van der Waals surface area contributed by atoms with Crippen molar-refractivity contribution in [2.75, 3.05) is 59.5 Å². The van der Waals surface area contributed by atoms with E-state index in [1.807, 2.05) is 13.0 Å². The maximum absolute atomic E-state index is 14.5. The molecular formula is C24H40FN5O. The van der Waals surface area contributed by atoms with Gasteiger partial charge in [0.05, 0.1) is 12.6 Å². The fraction of sp³-hybridized carbons (Fsp3) is 0.708. The predicted molar refractivity (Wildman–Crippen MR) is 125 cm³/mol. The zero-order valence-corrected chi connectivity index (χ0v) is 19.7. The van der Waals surface area contributed by atoms with Crippen molar-refractivity contribution in [2.45, 2.75) is 39.7 Å². The average molecular weight is 434 g/mol. The summed E-state index contributed by atoms with van der Waals surface area (Å²) < 4.78 is 20.1. The van der Waals surface area contributed by atoms with Crippen LogP contribution in [0.5, 0.6) is 5.75 Å². The van der Waals surface area contributed by atoms with Crippen LogP contribution >= 0.6 is 0 Å². The fourth-order valence-corrected chi connectivity index (χ4v) is 3.78. The molecular weight excluding hydrogens is 393 g/mol. The topological polar surface area (TPSA) is 52.1 Å². The van der Waals surface area contributed by atoms with Gasteiger partial charge in [0.2, 0.25) is 0 Å². The highest BCUT2D eigenvalue weighted by atomic mass is 19.1. The molecule has 1 heterocycles. The number of aliphatic imine (C=N–C) groups is 1. The molecule has 0 aromatic heterocycles. The molecule has 1 saturated heterocycles. The maximum atomic E-state index is 14.5. The predicted octanol–water partition coefficient (Wildman–Crippen LogP) is 3.11. The Labute approximate surface area is 187 Å². The fourth-order valence-electron chi connectivity index (χ4n) is 3.78. The lowest BCUT2D eigenvalue weighted by atomic mass is 10.1. The first-order chi connectivity index (χ1) is 14.9. The first-order valence-corrected chi connectivity index (χ1v) is 11.8. The lowest BCUT2D eigenvalue weighted by Gasteiger charge is -2.33. The monoisotopic (exact) mass is 433 g/mol. The van der Waals surface area contributed by atoms with Crippen LogP contribution in [0.3, 0.4) is 0 Å². The van der Waals surface area contributed by atoms with E-state index in [4.69, 9.17) is 9.73 Å². The Bertz CT molecular complexity index is 716. The second kappa shape index (κ2) is 11.7. The van der Waals surface area contributed by atoms with Crippen molar-refractivity contribution in [2.24, 2.45) is 16.8 Å². The van der Waals surface area contributed by atoms with E-state index in [1.165, 1.54) is 12.8 Å². The number of hydrogen-bond donors (Lipinski definition) is 2. The summed E-state index contributed by atoms with van der Waals surface area (Å²) in [5.74, 6) is 1.91. The van der Waals surface area contributed by atoms with Crippen LogP contribution in [-0.4, -0.2) is 75.2 Å². The highest BCUT2D eigenvalue weighted by Gasteiger charge is 2.22. The van der Waals surface area contributed by atoms with Crippen molar-refractivity contribution in [3.05, 3.63) is 29.6 Å². The van der Waals surface area contributed by atoms with Crippen molar-refractivity contribution in [3.63, 3.8) is 0 Å². The Morgan fingerprint density at radius 1 is 1.23 bits per heavy atom. The molecule has 1 aliphatic carbocycles. The maximum Gasteiger partial charge on any atom is 0.191 e. The van der Waals surface area contributed by atoms with Crippen LogP contribution in [0.1, 0.15) is 45.2 Å². The van der Waals surface area contributed by atoms with E-state index in [-0.39, 0.29) is 11.9 Å². The number of guanidine groups is 1. The van der Waals surface area contributed by atoms with Gasteiger partial charge in [0.15, 0.2) is 17.5 Å². The first-order valence-electron chi connectivity index (χ1n) is 11.8. The number of hydrogen-bond acceptors (Lipinski definition) is 4. The van der Waals surface area contributed by atoms with E-state index >= 15 is 0 Å². The number of likely N-dealkylation sites (N-methyl/N-ethyl adjacent to an activating group) is 1. The summed E-state index contributed by atoms with van der Waals surface area (Å²) in [6.07, 6.45) is 2.39. The Morgan fingerprint density at radius 2 is 1.97 bits per heavy atom. The largest absolute Gasteiger partial charge is 0.490 e. The summed E-state index contributed by atoms with van der Waals surface area (Å²) in [5.41, 5.74) is 0.882. The van der Waals surface area contributed by atoms with Gasteiger partial charge < -0.3 is 25.2 Å². The smallest absolute Gasteiger partial charge is 0.191 e. The number of nitrogens with one attached hydrogen (secondary N) is 2. The van der Waals surface area contributed by atoms with Crippen LogP contribution in [0, 0.1) is 17.7 Å². The number of benzene rings is 1. The van der Waals surface area contributed by atoms with Gasteiger partial charge in [-0.1, -0.05) is 13.0 Å². The molecule has 1 aromatic carbocycles. The third-order valence-corrected chi connectivity index (χ3v) is 6.05. The van der Waals surface area contributed by atoms with Crippen LogP contribution in [0.25, 0.3) is 0 Å². The number of piperazine rings is 1. The first kappa shape index (κ1) is 23.8. The molecule has 2 N–H and O–H groups in total. The van der Waals surface area contributed by atoms with Crippen molar-refractivity contribution in [1.82, 2.24) is 20.4 Å². The summed E-state index contributed by atoms with van der Waals surface area (Å²) in [6, 6.07) is 5.19. The van der Waals surface area contributed by atoms with Gasteiger partial charge in [-0.25, -0.2) is 4.39 Å². The van der Waals surface area contributed by atoms with E-state index in [9.17, 15) is 4.39 Å². The van der Waals surface area contributed by atoms with Gasteiger partial charge in [0.25, 0.3) is 0 Å². The van der Waals surface area contributed by atoms with Gasteiger partial charge in [-0.05, 0) is 63.3 Å². The normalized spacial score (nSPS) is 20.4. The van der Waals surface area contributed by atoms with Gasteiger partial charge in [-0.3, -0.25) is 4.99 Å². The molecule has 0 radical (unpaired) electrons. The zero-order valence-electron chi connectivity index (χ0n) is 19.7. The quantitative estimate of drug-likeness (QED) is 0.439. The number of ether oxygens (including phenoxy) is 1. The van der Waals surface area contributed by atoms with Crippen LogP contribution in [0.2, 0.25) is 0 Å². The average Bonchev–Trinajstić information content (AvgIpc) is 3.57. The van der Waals surface area contributed by atoms with Crippen LogP contribution in [0.4, 0.5) is 4.39 Å². The van der Waals surface area contributed by atoms with Crippen LogP contribution in [-0.2, 0) is 0 Å². The van der Waals surface area contributed by atoms with Crippen molar-refractivity contribution < 1.29 is 9.13 Å². The van der Waals surface area contributed by atoms with Gasteiger partial charge in [-0.2, -0.15) is 0 Å². The second-order valence-electron chi connectivity index (χ2n) is 9.24. The Morgan fingerprint density at radius 3 is 2.61 bits per heavy atom. The number of rotatable bonds is 10. The molecule has 1 saturated carbocycles. The Kier molecular flexibility index (Phi) is 8.96. The van der Waals surface area contributed by atoms with E-state index in [2.05, 4.69) is 41.3 Å². The molecule has 1 aromatic rings. The molecule has 174 valence electrons. The Balaban J connectivity index is 1.51. The summed E-state index contributed by atoms with van der Waals surface area (Å²) in [5, 5.41) is 6.73. The molecule has 31 heavy (non-hydrogen) atoms. The molecule has 2 fully saturated rings. The zero-order chi connectivity index (χ0) is 22.2. The third kappa shape index (κ3) is 7.96. The third-order valence-electron chi connectivity index (χ3n) is 6.05. The molecule has 0 bridgehead atoms. The van der Waals surface area contributed by atoms with Crippen molar-refractivity contribution >= 4 is 5.96 Å². The highest BCUT2D eigenvalue weighted by molar-refractivity contribution is 5.80. The van der Waals surface area contributed by atoms with E-state index in [0.717, 1.165) is 57.3 Å². The standard InChI is InChI=1S/C24H40FN5O/c1-5-26-24(27-15-18(2)16-30-12-10-29(4)11-13-30)28-19(3)21-8-9-23(22(25)14-21)31-17-20-6-7-20/h8-9,14,18-20H,5-7,10-13,15-17H2,1-4H3,(H2,26,27,28). The van der Waals surface area contributed by atoms with Gasteiger partial charge >= 0.3 is 0 Å². The van der Waals surface area contributed by atoms with Gasteiger partial charge in [-0.15, -0.1) is 0 Å². The Hall–Kier alpha value is -1.86. The lowest BCUT2D eigenvalue weighted by molar-refractivity contribution is 0.140. The molecule has 7 heteroatoms. The molecule has 0 amide bonds. The van der Waals surface area contributed by atoms with Crippen molar-refractivity contribution in [1.29, 1.82) is 0 Å². The number of halogens is 1. The second-order valence-corrected chi connectivity index (χ2v) is 9.24. The number of nitrogens with zero attached hydrogens (tertiary/aromatic N) is 3. The summed E-state index contributed by atoms with van der Waals surface area (Å²) in [4.78, 5) is 9.70. The summed E-state index contributed by atoms with van der Waals surface area (Å²) in [6.45, 7) is 14.1. The van der Waals surface area contributed by atoms with Gasteiger partial charge in [0.1, 0.15) is 0 Å².